The van der Waals surface area contributed by atoms with Gasteiger partial charge in [0.2, 0.25) is 0 Å². The summed E-state index contributed by atoms with van der Waals surface area (Å²) < 4.78 is 1.92. The Bertz CT molecular complexity index is 416. The van der Waals surface area contributed by atoms with E-state index in [1.54, 1.807) is 6.33 Å². The number of carbonyl (C=O) groups is 1. The first-order chi connectivity index (χ1) is 8.56. The Balaban J connectivity index is 1.94. The average molecular weight is 252 g/mol. The molecule has 2 unspecified atom stereocenters. The average Bonchev–Trinajstić information content (AvgIpc) is 2.89. The molecule has 2 N–H and O–H groups in total. The van der Waals surface area contributed by atoms with Crippen LogP contribution in [0, 0.1) is 5.92 Å². The van der Waals surface area contributed by atoms with Gasteiger partial charge < -0.3 is 10.4 Å². The van der Waals surface area contributed by atoms with Gasteiger partial charge in [0.05, 0.1) is 0 Å². The predicted octanol–water partition coefficient (Wildman–Crippen LogP) is 0.682. The Morgan fingerprint density at radius 1 is 1.61 bits per heavy atom. The van der Waals surface area contributed by atoms with Crippen molar-refractivity contribution in [3.63, 3.8) is 0 Å². The molecule has 0 radical (unpaired) electrons. The summed E-state index contributed by atoms with van der Waals surface area (Å²) in [4.78, 5) is 15.1. The number of carboxylic acid groups (broad SMARTS) is 1. The molecule has 1 aliphatic rings. The van der Waals surface area contributed by atoms with Crippen LogP contribution in [0.1, 0.15) is 32.5 Å². The highest BCUT2D eigenvalue weighted by molar-refractivity contribution is 5.73. The first kappa shape index (κ1) is 13.0. The van der Waals surface area contributed by atoms with Gasteiger partial charge in [0.15, 0.2) is 0 Å². The Kier molecular flexibility index (Phi) is 3.96. The molecule has 1 fully saturated rings. The van der Waals surface area contributed by atoms with Crippen molar-refractivity contribution in [3.05, 3.63) is 12.2 Å². The van der Waals surface area contributed by atoms with Gasteiger partial charge in [-0.3, -0.25) is 4.79 Å². The van der Waals surface area contributed by atoms with Gasteiger partial charge in [-0.05, 0) is 18.8 Å². The molecule has 1 aromatic rings. The van der Waals surface area contributed by atoms with Crippen LogP contribution in [0.2, 0.25) is 0 Å². The van der Waals surface area contributed by atoms with Gasteiger partial charge in [-0.15, -0.1) is 0 Å². The van der Waals surface area contributed by atoms with E-state index in [1.807, 2.05) is 4.68 Å². The molecule has 0 amide bonds. The molecule has 0 spiro atoms. The van der Waals surface area contributed by atoms with Crippen LogP contribution in [0.4, 0.5) is 0 Å². The van der Waals surface area contributed by atoms with E-state index in [2.05, 4.69) is 29.2 Å². The highest BCUT2D eigenvalue weighted by atomic mass is 16.4. The van der Waals surface area contributed by atoms with Crippen LogP contribution in [-0.2, 0) is 17.8 Å². The lowest BCUT2D eigenvalue weighted by Gasteiger charge is -2.13. The third kappa shape index (κ3) is 3.07. The van der Waals surface area contributed by atoms with Gasteiger partial charge >= 0.3 is 5.97 Å². The topological polar surface area (TPSA) is 80.0 Å². The number of hydrogen-bond donors (Lipinski definition) is 2. The molecule has 1 saturated heterocycles. The first-order valence-corrected chi connectivity index (χ1v) is 6.41. The Morgan fingerprint density at radius 2 is 2.39 bits per heavy atom. The van der Waals surface area contributed by atoms with Crippen molar-refractivity contribution in [2.45, 2.75) is 51.7 Å². The van der Waals surface area contributed by atoms with E-state index in [0.717, 1.165) is 25.2 Å². The lowest BCUT2D eigenvalue weighted by atomic mass is 10.1. The predicted molar refractivity (Wildman–Crippen MR) is 66.1 cm³/mol. The second-order valence-electron chi connectivity index (χ2n) is 5.29. The summed E-state index contributed by atoms with van der Waals surface area (Å²) in [6.45, 7) is 5.13. The maximum Gasteiger partial charge on any atom is 0.320 e. The van der Waals surface area contributed by atoms with Crippen molar-refractivity contribution in [1.82, 2.24) is 20.1 Å². The van der Waals surface area contributed by atoms with E-state index in [4.69, 9.17) is 5.11 Å². The summed E-state index contributed by atoms with van der Waals surface area (Å²) in [5.41, 5.74) is 0. The Hall–Kier alpha value is -1.43. The van der Waals surface area contributed by atoms with Crippen molar-refractivity contribution in [2.75, 3.05) is 0 Å². The van der Waals surface area contributed by atoms with Crippen molar-refractivity contribution in [1.29, 1.82) is 0 Å². The molecule has 1 aliphatic heterocycles. The molecule has 0 saturated carbocycles. The fourth-order valence-corrected chi connectivity index (χ4v) is 2.34. The third-order valence-electron chi connectivity index (χ3n) is 3.20. The van der Waals surface area contributed by atoms with E-state index >= 15 is 0 Å². The Morgan fingerprint density at radius 3 is 3.00 bits per heavy atom. The zero-order valence-corrected chi connectivity index (χ0v) is 10.8. The zero-order chi connectivity index (χ0) is 13.1. The summed E-state index contributed by atoms with van der Waals surface area (Å²) in [6, 6.07) is -0.210. The van der Waals surface area contributed by atoms with Gasteiger partial charge in [-0.25, -0.2) is 9.67 Å². The van der Waals surface area contributed by atoms with Crippen LogP contribution < -0.4 is 5.32 Å². The second-order valence-corrected chi connectivity index (χ2v) is 5.29. The maximum atomic E-state index is 10.9. The summed E-state index contributed by atoms with van der Waals surface area (Å²) >= 11 is 0. The largest absolute Gasteiger partial charge is 0.480 e. The van der Waals surface area contributed by atoms with Crippen LogP contribution in [0.5, 0.6) is 0 Å². The van der Waals surface area contributed by atoms with Crippen molar-refractivity contribution >= 4 is 5.97 Å². The zero-order valence-electron chi connectivity index (χ0n) is 10.8. The van der Waals surface area contributed by atoms with Crippen LogP contribution in [0.25, 0.3) is 0 Å². The number of aliphatic carboxylic acids is 1. The normalized spacial score (nSPS) is 23.7. The third-order valence-corrected chi connectivity index (χ3v) is 3.20. The van der Waals surface area contributed by atoms with Gasteiger partial charge in [0.25, 0.3) is 0 Å². The first-order valence-electron chi connectivity index (χ1n) is 6.41. The molecule has 100 valence electrons. The highest BCUT2D eigenvalue weighted by Crippen LogP contribution is 2.16. The van der Waals surface area contributed by atoms with E-state index < -0.39 is 12.0 Å². The fourth-order valence-electron chi connectivity index (χ4n) is 2.34. The van der Waals surface area contributed by atoms with Gasteiger partial charge in [0, 0.05) is 19.0 Å². The molecular formula is C12H20N4O2. The van der Waals surface area contributed by atoms with Crippen LogP contribution >= 0.6 is 0 Å². The lowest BCUT2D eigenvalue weighted by molar-refractivity contribution is -0.139. The van der Waals surface area contributed by atoms with E-state index in [-0.39, 0.29) is 6.04 Å². The maximum absolute atomic E-state index is 10.9. The minimum atomic E-state index is -0.763. The van der Waals surface area contributed by atoms with Gasteiger partial charge in [-0.2, -0.15) is 5.10 Å². The molecule has 0 bridgehead atoms. The number of aromatic nitrogens is 3. The van der Waals surface area contributed by atoms with E-state index in [1.165, 1.54) is 0 Å². The van der Waals surface area contributed by atoms with E-state index in [0.29, 0.717) is 12.3 Å². The van der Waals surface area contributed by atoms with Crippen molar-refractivity contribution < 1.29 is 9.90 Å². The van der Waals surface area contributed by atoms with E-state index in [9.17, 15) is 4.79 Å². The molecule has 0 aromatic carbocycles. The van der Waals surface area contributed by atoms with Crippen LogP contribution in [-0.4, -0.2) is 37.9 Å². The van der Waals surface area contributed by atoms with Crippen molar-refractivity contribution in [2.24, 2.45) is 5.92 Å². The quantitative estimate of drug-likeness (QED) is 0.805. The number of nitrogens with one attached hydrogen (secondary N) is 1. The second kappa shape index (κ2) is 5.48. The summed E-state index contributed by atoms with van der Waals surface area (Å²) in [7, 11) is 0. The fraction of sp³-hybridized carbons (Fsp3) is 0.750. The molecular weight excluding hydrogens is 232 g/mol. The molecule has 2 atom stereocenters. The number of carboxylic acids is 1. The standard InChI is InChI=1S/C12H20N4O2/c1-8(2)6-16-11(13-7-14-16)5-9-3-4-10(15-9)12(17)18/h7-10,15H,3-6H2,1-2H3,(H,17,18). The molecule has 6 nitrogen and oxygen atoms in total. The molecule has 18 heavy (non-hydrogen) atoms. The molecule has 6 heteroatoms. The smallest absolute Gasteiger partial charge is 0.320 e. The highest BCUT2D eigenvalue weighted by Gasteiger charge is 2.29. The SMILES string of the molecule is CC(C)Cn1ncnc1CC1CCC(C(=O)O)N1. The Labute approximate surface area is 106 Å². The minimum Gasteiger partial charge on any atom is -0.480 e. The number of rotatable bonds is 5. The van der Waals surface area contributed by atoms with Crippen LogP contribution in [0.15, 0.2) is 6.33 Å². The molecule has 2 rings (SSSR count). The molecule has 2 heterocycles. The summed E-state index contributed by atoms with van der Waals surface area (Å²) in [5, 5.41) is 16.3. The van der Waals surface area contributed by atoms with Gasteiger partial charge in [-0.1, -0.05) is 13.8 Å². The number of nitrogens with zero attached hydrogens (tertiary/aromatic N) is 3. The monoisotopic (exact) mass is 252 g/mol. The molecule has 1 aromatic heterocycles. The lowest BCUT2D eigenvalue weighted by Crippen LogP contribution is -2.36. The van der Waals surface area contributed by atoms with Crippen LogP contribution in [0.3, 0.4) is 0 Å². The number of hydrogen-bond acceptors (Lipinski definition) is 4. The summed E-state index contributed by atoms with van der Waals surface area (Å²) in [6.07, 6.45) is 3.89. The minimum absolute atomic E-state index is 0.196. The molecule has 0 aliphatic carbocycles. The van der Waals surface area contributed by atoms with Crippen molar-refractivity contribution in [3.8, 4) is 0 Å². The van der Waals surface area contributed by atoms with Gasteiger partial charge in [0.1, 0.15) is 18.2 Å². The summed E-state index contributed by atoms with van der Waals surface area (Å²) in [5.74, 6) is 0.696.